The summed E-state index contributed by atoms with van der Waals surface area (Å²) in [5.74, 6) is 0.210. The van der Waals surface area contributed by atoms with Crippen molar-refractivity contribution in [3.05, 3.63) is 23.4 Å². The van der Waals surface area contributed by atoms with Crippen LogP contribution in [0.4, 0.5) is 19.0 Å². The first-order valence-electron chi connectivity index (χ1n) is 6.63. The van der Waals surface area contributed by atoms with Gasteiger partial charge in [0.05, 0.1) is 25.4 Å². The summed E-state index contributed by atoms with van der Waals surface area (Å²) in [7, 11) is 0. The van der Waals surface area contributed by atoms with Crippen LogP contribution in [0.2, 0.25) is 0 Å². The maximum Gasteiger partial charge on any atom is 0.433 e. The van der Waals surface area contributed by atoms with Gasteiger partial charge in [-0.05, 0) is 13.0 Å². The van der Waals surface area contributed by atoms with Gasteiger partial charge in [0.1, 0.15) is 11.5 Å². The Bertz CT molecular complexity index is 496. The first-order valence-corrected chi connectivity index (χ1v) is 6.63. The molecule has 2 atom stereocenters. The summed E-state index contributed by atoms with van der Waals surface area (Å²) in [6.07, 6.45) is -4.95. The second-order valence-corrected chi connectivity index (χ2v) is 5.02. The first-order chi connectivity index (χ1) is 9.86. The number of halogens is 3. The molecule has 5 nitrogen and oxygen atoms in total. The van der Waals surface area contributed by atoms with Crippen LogP contribution in [0.3, 0.4) is 0 Å². The summed E-state index contributed by atoms with van der Waals surface area (Å²) < 4.78 is 43.9. The number of hydrogen-bond donors (Lipinski definition) is 2. The van der Waals surface area contributed by atoms with Crippen LogP contribution in [0.25, 0.3) is 0 Å². The van der Waals surface area contributed by atoms with E-state index >= 15 is 0 Å². The van der Waals surface area contributed by atoms with Crippen LogP contribution >= 0.6 is 0 Å². The molecule has 1 fully saturated rings. The van der Waals surface area contributed by atoms with Gasteiger partial charge >= 0.3 is 6.18 Å². The molecule has 0 amide bonds. The number of ether oxygens (including phenoxy) is 1. The summed E-state index contributed by atoms with van der Waals surface area (Å²) in [6.45, 7) is 2.32. The average molecular weight is 305 g/mol. The standard InChI is InChI=1S/C13H18F3N3O2/c1-8-7-21-10(6-20)5-19(8)12-9(4-17)2-3-11(18-12)13(14,15)16/h2-3,8,10,20H,4-7,17H2,1H3. The van der Waals surface area contributed by atoms with E-state index in [0.717, 1.165) is 6.07 Å². The van der Waals surface area contributed by atoms with Crippen LogP contribution < -0.4 is 10.6 Å². The fourth-order valence-corrected chi connectivity index (χ4v) is 2.27. The smallest absolute Gasteiger partial charge is 0.394 e. The molecular weight excluding hydrogens is 287 g/mol. The molecule has 3 N–H and O–H groups in total. The topological polar surface area (TPSA) is 71.6 Å². The Morgan fingerprint density at radius 3 is 2.76 bits per heavy atom. The van der Waals surface area contributed by atoms with E-state index in [-0.39, 0.29) is 31.6 Å². The highest BCUT2D eigenvalue weighted by molar-refractivity contribution is 5.49. The molecule has 1 aromatic rings. The lowest BCUT2D eigenvalue weighted by molar-refractivity contribution is -0.141. The number of pyridine rings is 1. The number of morpholine rings is 1. The lowest BCUT2D eigenvalue weighted by Gasteiger charge is -2.39. The Balaban J connectivity index is 2.39. The van der Waals surface area contributed by atoms with Crippen molar-refractivity contribution in [1.82, 2.24) is 4.98 Å². The quantitative estimate of drug-likeness (QED) is 0.876. The van der Waals surface area contributed by atoms with E-state index in [1.807, 2.05) is 6.92 Å². The predicted octanol–water partition coefficient (Wildman–Crippen LogP) is 1.15. The average Bonchev–Trinajstić information content (AvgIpc) is 2.46. The third-order valence-electron chi connectivity index (χ3n) is 3.45. The van der Waals surface area contributed by atoms with Crippen molar-refractivity contribution in [2.75, 3.05) is 24.7 Å². The van der Waals surface area contributed by atoms with E-state index in [1.54, 1.807) is 4.90 Å². The molecule has 2 unspecified atom stereocenters. The minimum absolute atomic E-state index is 0.0916. The van der Waals surface area contributed by atoms with Gasteiger partial charge in [-0.15, -0.1) is 0 Å². The van der Waals surface area contributed by atoms with Crippen molar-refractivity contribution in [1.29, 1.82) is 0 Å². The molecule has 0 aromatic carbocycles. The molecule has 0 radical (unpaired) electrons. The molecule has 2 heterocycles. The molecule has 0 aliphatic carbocycles. The SMILES string of the molecule is CC1COC(CO)CN1c1nc(C(F)(F)F)ccc1CN. The van der Waals surface area contributed by atoms with Gasteiger partial charge in [0.15, 0.2) is 0 Å². The van der Waals surface area contributed by atoms with E-state index in [1.165, 1.54) is 6.07 Å². The molecule has 1 aliphatic rings. The van der Waals surface area contributed by atoms with Gasteiger partial charge in [-0.1, -0.05) is 6.07 Å². The Morgan fingerprint density at radius 1 is 1.48 bits per heavy atom. The number of alkyl halides is 3. The third kappa shape index (κ3) is 3.45. The summed E-state index contributed by atoms with van der Waals surface area (Å²) in [5.41, 5.74) is 5.19. The number of hydrogen-bond acceptors (Lipinski definition) is 5. The predicted molar refractivity (Wildman–Crippen MR) is 70.8 cm³/mol. The highest BCUT2D eigenvalue weighted by atomic mass is 19.4. The number of rotatable bonds is 3. The Hall–Kier alpha value is -1.38. The van der Waals surface area contributed by atoms with Crippen LogP contribution in [0.15, 0.2) is 12.1 Å². The molecule has 1 aromatic heterocycles. The van der Waals surface area contributed by atoms with Gasteiger partial charge in [-0.3, -0.25) is 0 Å². The minimum atomic E-state index is -4.51. The zero-order valence-electron chi connectivity index (χ0n) is 11.6. The van der Waals surface area contributed by atoms with E-state index in [2.05, 4.69) is 4.98 Å². The number of aliphatic hydroxyl groups is 1. The molecule has 1 saturated heterocycles. The summed E-state index contributed by atoms with van der Waals surface area (Å²) in [5, 5.41) is 9.18. The minimum Gasteiger partial charge on any atom is -0.394 e. The molecule has 0 spiro atoms. The molecular formula is C13H18F3N3O2. The molecule has 0 bridgehead atoms. The number of aromatic nitrogens is 1. The fourth-order valence-electron chi connectivity index (χ4n) is 2.27. The first kappa shape index (κ1) is 16.0. The summed E-state index contributed by atoms with van der Waals surface area (Å²) >= 11 is 0. The molecule has 2 rings (SSSR count). The lowest BCUT2D eigenvalue weighted by atomic mass is 10.1. The summed E-state index contributed by atoms with van der Waals surface area (Å²) in [4.78, 5) is 5.45. The van der Waals surface area contributed by atoms with E-state index < -0.39 is 18.0 Å². The van der Waals surface area contributed by atoms with Crippen molar-refractivity contribution in [3.63, 3.8) is 0 Å². The van der Waals surface area contributed by atoms with Crippen LogP contribution in [0.1, 0.15) is 18.2 Å². The number of nitrogens with zero attached hydrogens (tertiary/aromatic N) is 2. The second kappa shape index (κ2) is 6.17. The maximum absolute atomic E-state index is 12.8. The second-order valence-electron chi connectivity index (χ2n) is 5.02. The van der Waals surface area contributed by atoms with Crippen molar-refractivity contribution >= 4 is 5.82 Å². The molecule has 1 aliphatic heterocycles. The molecule has 118 valence electrons. The number of aliphatic hydroxyl groups excluding tert-OH is 1. The Labute approximate surface area is 120 Å². The number of anilines is 1. The van der Waals surface area contributed by atoms with Crippen LogP contribution in [-0.4, -0.2) is 42.0 Å². The van der Waals surface area contributed by atoms with E-state index in [9.17, 15) is 18.3 Å². The summed E-state index contributed by atoms with van der Waals surface area (Å²) in [6, 6.07) is 2.14. The lowest BCUT2D eigenvalue weighted by Crippen LogP contribution is -2.50. The van der Waals surface area contributed by atoms with Gasteiger partial charge in [0.2, 0.25) is 0 Å². The highest BCUT2D eigenvalue weighted by Gasteiger charge is 2.35. The van der Waals surface area contributed by atoms with Crippen LogP contribution in [-0.2, 0) is 17.5 Å². The normalized spacial score (nSPS) is 23.4. The van der Waals surface area contributed by atoms with Crippen molar-refractivity contribution in [2.45, 2.75) is 31.8 Å². The largest absolute Gasteiger partial charge is 0.433 e. The van der Waals surface area contributed by atoms with E-state index in [0.29, 0.717) is 12.2 Å². The van der Waals surface area contributed by atoms with Gasteiger partial charge < -0.3 is 20.5 Å². The third-order valence-corrected chi connectivity index (χ3v) is 3.45. The highest BCUT2D eigenvalue weighted by Crippen LogP contribution is 2.31. The molecule has 0 saturated carbocycles. The van der Waals surface area contributed by atoms with Crippen molar-refractivity contribution in [2.24, 2.45) is 5.73 Å². The van der Waals surface area contributed by atoms with Gasteiger partial charge in [-0.25, -0.2) is 4.98 Å². The van der Waals surface area contributed by atoms with Gasteiger partial charge in [0.25, 0.3) is 0 Å². The Morgan fingerprint density at radius 2 is 2.19 bits per heavy atom. The fraction of sp³-hybridized carbons (Fsp3) is 0.615. The van der Waals surface area contributed by atoms with Crippen LogP contribution in [0, 0.1) is 0 Å². The van der Waals surface area contributed by atoms with Gasteiger partial charge in [-0.2, -0.15) is 13.2 Å². The number of nitrogens with two attached hydrogens (primary N) is 1. The van der Waals surface area contributed by atoms with Crippen molar-refractivity contribution < 1.29 is 23.0 Å². The zero-order chi connectivity index (χ0) is 15.6. The molecule has 8 heteroatoms. The van der Waals surface area contributed by atoms with Crippen molar-refractivity contribution in [3.8, 4) is 0 Å². The van der Waals surface area contributed by atoms with E-state index in [4.69, 9.17) is 10.5 Å². The zero-order valence-corrected chi connectivity index (χ0v) is 11.6. The molecule has 21 heavy (non-hydrogen) atoms. The monoisotopic (exact) mass is 305 g/mol. The van der Waals surface area contributed by atoms with Crippen LogP contribution in [0.5, 0.6) is 0 Å². The Kier molecular flexibility index (Phi) is 4.70. The maximum atomic E-state index is 12.8. The van der Waals surface area contributed by atoms with Gasteiger partial charge in [0, 0.05) is 18.7 Å².